The van der Waals surface area contributed by atoms with Crippen molar-refractivity contribution in [3.8, 4) is 0 Å². The van der Waals surface area contributed by atoms with Gasteiger partial charge < -0.3 is 10.6 Å². The highest BCUT2D eigenvalue weighted by molar-refractivity contribution is 7.92. The Morgan fingerprint density at radius 3 is 2.46 bits per heavy atom. The first-order chi connectivity index (χ1) is 11.5. The quantitative estimate of drug-likeness (QED) is 0.738. The third kappa shape index (κ3) is 5.60. The van der Waals surface area contributed by atoms with Crippen molar-refractivity contribution in [2.45, 2.75) is 50.3 Å². The Morgan fingerprint density at radius 2 is 1.83 bits per heavy atom. The molecule has 0 unspecified atom stereocenters. The number of nitrogens with two attached hydrogens (primary N) is 1. The highest BCUT2D eigenvalue weighted by Gasteiger charge is 2.29. The molecule has 0 aromatic heterocycles. The molecule has 1 aromatic carbocycles. The van der Waals surface area contributed by atoms with E-state index in [0.29, 0.717) is 26.1 Å². The van der Waals surface area contributed by atoms with E-state index in [-0.39, 0.29) is 23.3 Å². The molecule has 1 aliphatic carbocycles. The summed E-state index contributed by atoms with van der Waals surface area (Å²) in [5, 5.41) is -0.239. The van der Waals surface area contributed by atoms with E-state index in [1.807, 2.05) is 30.3 Å². The van der Waals surface area contributed by atoms with Gasteiger partial charge in [0.05, 0.1) is 11.0 Å². The van der Waals surface area contributed by atoms with Gasteiger partial charge in [-0.3, -0.25) is 4.79 Å². The Kier molecular flexibility index (Phi) is 7.24. The number of carbonyl (C=O) groups is 1. The molecule has 1 amide bonds. The molecule has 1 aliphatic rings. The van der Waals surface area contributed by atoms with Crippen molar-refractivity contribution in [3.63, 3.8) is 0 Å². The standard InChI is InChI=1S/C18H28N2O3S/c19-12-6-13-20(15-16-7-2-1-3-8-16)18(21)11-14-24(22,23)17-9-4-5-10-17/h1-3,7-8,17H,4-6,9-15,19H2. The van der Waals surface area contributed by atoms with Crippen molar-refractivity contribution in [2.75, 3.05) is 18.8 Å². The second-order valence-electron chi connectivity index (χ2n) is 6.47. The lowest BCUT2D eigenvalue weighted by Gasteiger charge is -2.23. The largest absolute Gasteiger partial charge is 0.338 e. The summed E-state index contributed by atoms with van der Waals surface area (Å²) in [6.07, 6.45) is 4.24. The zero-order valence-electron chi connectivity index (χ0n) is 14.2. The minimum absolute atomic E-state index is 0.0373. The van der Waals surface area contributed by atoms with Gasteiger partial charge in [-0.15, -0.1) is 0 Å². The first kappa shape index (κ1) is 18.9. The van der Waals surface area contributed by atoms with Crippen LogP contribution in [0.4, 0.5) is 0 Å². The molecule has 0 saturated heterocycles. The van der Waals surface area contributed by atoms with Crippen LogP contribution in [0, 0.1) is 0 Å². The number of hydrogen-bond acceptors (Lipinski definition) is 4. The molecule has 0 aliphatic heterocycles. The molecule has 1 fully saturated rings. The number of benzene rings is 1. The number of hydrogen-bond donors (Lipinski definition) is 1. The molecule has 2 N–H and O–H groups in total. The third-order valence-corrected chi connectivity index (χ3v) is 6.87. The molecule has 134 valence electrons. The molecule has 1 saturated carbocycles. The van der Waals surface area contributed by atoms with E-state index < -0.39 is 9.84 Å². The van der Waals surface area contributed by atoms with Crippen molar-refractivity contribution in [1.82, 2.24) is 4.90 Å². The molecular weight excluding hydrogens is 324 g/mol. The summed E-state index contributed by atoms with van der Waals surface area (Å²) in [6, 6.07) is 9.75. The van der Waals surface area contributed by atoms with Crippen LogP contribution in [0.25, 0.3) is 0 Å². The molecule has 6 heteroatoms. The fourth-order valence-electron chi connectivity index (χ4n) is 3.18. The van der Waals surface area contributed by atoms with Crippen LogP contribution in [0.3, 0.4) is 0 Å². The Hall–Kier alpha value is -1.40. The van der Waals surface area contributed by atoms with Crippen LogP contribution in [0.2, 0.25) is 0 Å². The van der Waals surface area contributed by atoms with Gasteiger partial charge in [0, 0.05) is 19.5 Å². The van der Waals surface area contributed by atoms with Crippen LogP contribution in [-0.2, 0) is 21.2 Å². The number of sulfone groups is 1. The topological polar surface area (TPSA) is 80.5 Å². The second kappa shape index (κ2) is 9.18. The molecule has 2 rings (SSSR count). The maximum Gasteiger partial charge on any atom is 0.223 e. The van der Waals surface area contributed by atoms with E-state index in [1.54, 1.807) is 4.90 Å². The fraction of sp³-hybridized carbons (Fsp3) is 0.611. The van der Waals surface area contributed by atoms with Crippen molar-refractivity contribution in [3.05, 3.63) is 35.9 Å². The maximum atomic E-state index is 12.5. The van der Waals surface area contributed by atoms with E-state index in [0.717, 1.165) is 31.2 Å². The van der Waals surface area contributed by atoms with Gasteiger partial charge >= 0.3 is 0 Å². The van der Waals surface area contributed by atoms with Gasteiger partial charge in [-0.2, -0.15) is 0 Å². The molecule has 0 radical (unpaired) electrons. The first-order valence-electron chi connectivity index (χ1n) is 8.76. The minimum Gasteiger partial charge on any atom is -0.338 e. The fourth-order valence-corrected chi connectivity index (χ4v) is 5.02. The van der Waals surface area contributed by atoms with E-state index >= 15 is 0 Å². The molecular formula is C18H28N2O3S. The highest BCUT2D eigenvalue weighted by Crippen LogP contribution is 2.25. The van der Waals surface area contributed by atoms with Crippen molar-refractivity contribution >= 4 is 15.7 Å². The van der Waals surface area contributed by atoms with Crippen LogP contribution in [-0.4, -0.2) is 43.3 Å². The van der Waals surface area contributed by atoms with E-state index in [9.17, 15) is 13.2 Å². The Bertz CT molecular complexity index is 610. The lowest BCUT2D eigenvalue weighted by Crippen LogP contribution is -2.34. The number of rotatable bonds is 9. The predicted octanol–water partition coefficient (Wildman–Crippen LogP) is 2.11. The number of amides is 1. The first-order valence-corrected chi connectivity index (χ1v) is 10.5. The van der Waals surface area contributed by atoms with Crippen molar-refractivity contribution in [1.29, 1.82) is 0 Å². The summed E-state index contributed by atoms with van der Waals surface area (Å²) >= 11 is 0. The number of nitrogens with zero attached hydrogens (tertiary/aromatic N) is 1. The minimum atomic E-state index is -3.15. The maximum absolute atomic E-state index is 12.5. The van der Waals surface area contributed by atoms with Crippen LogP contribution < -0.4 is 5.73 Å². The summed E-state index contributed by atoms with van der Waals surface area (Å²) in [6.45, 7) is 1.58. The Labute approximate surface area is 145 Å². The van der Waals surface area contributed by atoms with Gasteiger partial charge in [0.25, 0.3) is 0 Å². The smallest absolute Gasteiger partial charge is 0.223 e. The lowest BCUT2D eigenvalue weighted by molar-refractivity contribution is -0.131. The normalized spacial score (nSPS) is 15.5. The highest BCUT2D eigenvalue weighted by atomic mass is 32.2. The van der Waals surface area contributed by atoms with Gasteiger partial charge in [-0.05, 0) is 31.4 Å². The summed E-state index contributed by atoms with van der Waals surface area (Å²) in [4.78, 5) is 14.3. The molecule has 0 spiro atoms. The summed E-state index contributed by atoms with van der Waals surface area (Å²) < 4.78 is 24.7. The molecule has 5 nitrogen and oxygen atoms in total. The second-order valence-corrected chi connectivity index (χ2v) is 8.87. The summed E-state index contributed by atoms with van der Waals surface area (Å²) in [7, 11) is -3.15. The Morgan fingerprint density at radius 1 is 1.17 bits per heavy atom. The molecule has 0 heterocycles. The lowest BCUT2D eigenvalue weighted by atomic mass is 10.2. The molecule has 1 aromatic rings. The zero-order chi connectivity index (χ0) is 17.4. The van der Waals surface area contributed by atoms with Crippen LogP contribution in [0.5, 0.6) is 0 Å². The van der Waals surface area contributed by atoms with E-state index in [4.69, 9.17) is 5.73 Å². The van der Waals surface area contributed by atoms with Gasteiger partial charge in [0.15, 0.2) is 9.84 Å². The van der Waals surface area contributed by atoms with Gasteiger partial charge in [-0.25, -0.2) is 8.42 Å². The Balaban J connectivity index is 1.94. The average molecular weight is 353 g/mol. The summed E-state index contributed by atoms with van der Waals surface area (Å²) in [5.41, 5.74) is 6.61. The third-order valence-electron chi connectivity index (χ3n) is 4.61. The number of carbonyl (C=O) groups excluding carboxylic acids is 1. The predicted molar refractivity (Wildman–Crippen MR) is 96.2 cm³/mol. The zero-order valence-corrected chi connectivity index (χ0v) is 15.0. The van der Waals surface area contributed by atoms with Gasteiger partial charge in [0.2, 0.25) is 5.91 Å². The van der Waals surface area contributed by atoms with Crippen LogP contribution in [0.1, 0.15) is 44.1 Å². The van der Waals surface area contributed by atoms with Crippen molar-refractivity contribution in [2.24, 2.45) is 5.73 Å². The molecule has 0 atom stereocenters. The molecule has 0 bridgehead atoms. The van der Waals surface area contributed by atoms with E-state index in [2.05, 4.69) is 0 Å². The van der Waals surface area contributed by atoms with Crippen molar-refractivity contribution < 1.29 is 13.2 Å². The van der Waals surface area contributed by atoms with E-state index in [1.165, 1.54) is 0 Å². The van der Waals surface area contributed by atoms with Crippen LogP contribution in [0.15, 0.2) is 30.3 Å². The molecule has 24 heavy (non-hydrogen) atoms. The van der Waals surface area contributed by atoms with Gasteiger partial charge in [-0.1, -0.05) is 43.2 Å². The SMILES string of the molecule is NCCCN(Cc1ccccc1)C(=O)CCS(=O)(=O)C1CCCC1. The monoisotopic (exact) mass is 352 g/mol. The van der Waals surface area contributed by atoms with Gasteiger partial charge in [0.1, 0.15) is 0 Å². The van der Waals surface area contributed by atoms with Crippen LogP contribution >= 0.6 is 0 Å². The summed E-state index contributed by atoms with van der Waals surface area (Å²) in [5.74, 6) is -0.140. The average Bonchev–Trinajstić information content (AvgIpc) is 3.13.